The van der Waals surface area contributed by atoms with E-state index in [-0.39, 0.29) is 12.4 Å². The minimum atomic E-state index is -0.271. The van der Waals surface area contributed by atoms with E-state index in [2.05, 4.69) is 4.98 Å². The highest BCUT2D eigenvalue weighted by Gasteiger charge is 2.07. The predicted molar refractivity (Wildman–Crippen MR) is 74.8 cm³/mol. The van der Waals surface area contributed by atoms with Crippen LogP contribution in [0.2, 0.25) is 0 Å². The molecule has 2 N–H and O–H groups in total. The Morgan fingerprint density at radius 1 is 1.21 bits per heavy atom. The van der Waals surface area contributed by atoms with Gasteiger partial charge in [0, 0.05) is 11.3 Å². The molecule has 1 heterocycles. The van der Waals surface area contributed by atoms with Gasteiger partial charge in [-0.05, 0) is 24.3 Å². The fraction of sp³-hybridized carbons (Fsp3) is 0.0714. The summed E-state index contributed by atoms with van der Waals surface area (Å²) in [5.41, 5.74) is 7.75. The molecule has 0 unspecified atom stereocenters. The lowest BCUT2D eigenvalue weighted by molar-refractivity contribution is 0.299. The normalized spacial score (nSPS) is 10.8. The molecule has 0 saturated carbocycles. The molecule has 0 spiro atoms. The lowest BCUT2D eigenvalue weighted by Crippen LogP contribution is -1.97. The first kappa shape index (κ1) is 11.9. The fourth-order valence-electron chi connectivity index (χ4n) is 1.74. The van der Waals surface area contributed by atoms with Gasteiger partial charge in [-0.2, -0.15) is 0 Å². The van der Waals surface area contributed by atoms with Gasteiger partial charge in [0.05, 0.1) is 10.2 Å². The van der Waals surface area contributed by atoms with Crippen molar-refractivity contribution in [2.45, 2.75) is 6.61 Å². The van der Waals surface area contributed by atoms with Crippen LogP contribution in [0.4, 0.5) is 10.1 Å². The van der Waals surface area contributed by atoms with Crippen LogP contribution in [-0.4, -0.2) is 4.98 Å². The molecule has 0 aliphatic heterocycles. The van der Waals surface area contributed by atoms with Gasteiger partial charge in [0.25, 0.3) is 5.19 Å². The number of fused-ring (bicyclic) bond motifs is 1. The number of halogens is 1. The molecular weight excluding hydrogens is 263 g/mol. The van der Waals surface area contributed by atoms with Crippen molar-refractivity contribution in [3.8, 4) is 5.19 Å². The number of nitrogens with two attached hydrogens (primary N) is 1. The molecule has 5 heteroatoms. The summed E-state index contributed by atoms with van der Waals surface area (Å²) in [5, 5.41) is 0.517. The highest BCUT2D eigenvalue weighted by molar-refractivity contribution is 7.20. The third-order valence-corrected chi connectivity index (χ3v) is 3.63. The van der Waals surface area contributed by atoms with Crippen molar-refractivity contribution in [3.05, 3.63) is 53.8 Å². The highest BCUT2D eigenvalue weighted by Crippen LogP contribution is 2.29. The van der Waals surface area contributed by atoms with E-state index in [0.717, 1.165) is 10.2 Å². The maximum absolute atomic E-state index is 13.4. The zero-order chi connectivity index (χ0) is 13.2. The van der Waals surface area contributed by atoms with Gasteiger partial charge in [0.1, 0.15) is 12.4 Å². The van der Waals surface area contributed by atoms with Gasteiger partial charge in [0.2, 0.25) is 0 Å². The number of nitrogen functional groups attached to an aromatic ring is 1. The molecule has 0 amide bonds. The molecule has 3 aromatic rings. The maximum atomic E-state index is 13.4. The molecule has 0 aliphatic carbocycles. The second kappa shape index (κ2) is 4.85. The lowest BCUT2D eigenvalue weighted by Gasteiger charge is -2.02. The highest BCUT2D eigenvalue weighted by atomic mass is 32.1. The SMILES string of the molecule is Nc1ccc2nc(OCc3ccccc3F)sc2c1. The van der Waals surface area contributed by atoms with Crippen molar-refractivity contribution in [2.24, 2.45) is 0 Å². The smallest absolute Gasteiger partial charge is 0.274 e. The van der Waals surface area contributed by atoms with Crippen LogP contribution in [0.15, 0.2) is 42.5 Å². The Labute approximate surface area is 113 Å². The molecule has 3 rings (SSSR count). The number of hydrogen-bond donors (Lipinski definition) is 1. The van der Waals surface area contributed by atoms with Crippen LogP contribution in [0, 0.1) is 5.82 Å². The van der Waals surface area contributed by atoms with E-state index in [4.69, 9.17) is 10.5 Å². The van der Waals surface area contributed by atoms with Crippen molar-refractivity contribution < 1.29 is 9.13 Å². The summed E-state index contributed by atoms with van der Waals surface area (Å²) in [7, 11) is 0. The van der Waals surface area contributed by atoms with Crippen LogP contribution in [0.3, 0.4) is 0 Å². The average Bonchev–Trinajstić information content (AvgIpc) is 2.79. The summed E-state index contributed by atoms with van der Waals surface area (Å²) in [5.74, 6) is -0.271. The average molecular weight is 274 g/mol. The van der Waals surface area contributed by atoms with Crippen LogP contribution < -0.4 is 10.5 Å². The zero-order valence-electron chi connectivity index (χ0n) is 9.97. The molecule has 19 heavy (non-hydrogen) atoms. The number of ether oxygens (including phenoxy) is 1. The van der Waals surface area contributed by atoms with E-state index in [0.29, 0.717) is 16.4 Å². The van der Waals surface area contributed by atoms with E-state index in [1.54, 1.807) is 24.3 Å². The molecule has 0 aliphatic rings. The van der Waals surface area contributed by atoms with Gasteiger partial charge in [0.15, 0.2) is 0 Å². The van der Waals surface area contributed by atoms with E-state index >= 15 is 0 Å². The van der Waals surface area contributed by atoms with E-state index in [1.807, 2.05) is 12.1 Å². The Balaban J connectivity index is 1.80. The molecule has 3 nitrogen and oxygen atoms in total. The number of rotatable bonds is 3. The van der Waals surface area contributed by atoms with Gasteiger partial charge in [-0.1, -0.05) is 29.5 Å². The number of thiazole rings is 1. The second-order valence-corrected chi connectivity index (χ2v) is 5.08. The molecule has 0 radical (unpaired) electrons. The molecule has 0 bridgehead atoms. The summed E-state index contributed by atoms with van der Waals surface area (Å²) in [6, 6.07) is 12.0. The molecule has 1 aromatic heterocycles. The van der Waals surface area contributed by atoms with Gasteiger partial charge in [-0.3, -0.25) is 0 Å². The first-order chi connectivity index (χ1) is 9.22. The van der Waals surface area contributed by atoms with Crippen molar-refractivity contribution >= 4 is 27.2 Å². The van der Waals surface area contributed by atoms with Crippen LogP contribution >= 0.6 is 11.3 Å². The lowest BCUT2D eigenvalue weighted by atomic mass is 10.2. The predicted octanol–water partition coefficient (Wildman–Crippen LogP) is 3.60. The van der Waals surface area contributed by atoms with Gasteiger partial charge < -0.3 is 10.5 Å². The largest absolute Gasteiger partial charge is 0.465 e. The second-order valence-electron chi connectivity index (χ2n) is 4.09. The Morgan fingerprint density at radius 3 is 2.89 bits per heavy atom. The Kier molecular flexibility index (Phi) is 3.05. The van der Waals surface area contributed by atoms with E-state index in [1.165, 1.54) is 17.4 Å². The number of hydrogen-bond acceptors (Lipinski definition) is 4. The topological polar surface area (TPSA) is 48.1 Å². The van der Waals surface area contributed by atoms with Crippen LogP contribution in [0.5, 0.6) is 5.19 Å². The van der Waals surface area contributed by atoms with Crippen molar-refractivity contribution in [3.63, 3.8) is 0 Å². The summed E-state index contributed by atoms with van der Waals surface area (Å²) in [6.07, 6.45) is 0. The van der Waals surface area contributed by atoms with E-state index in [9.17, 15) is 4.39 Å². The fourth-order valence-corrected chi connectivity index (χ4v) is 2.60. The van der Waals surface area contributed by atoms with E-state index < -0.39 is 0 Å². The standard InChI is InChI=1S/C14H11FN2OS/c15-11-4-2-1-3-9(11)8-18-14-17-12-6-5-10(16)7-13(12)19-14/h1-7H,8,16H2. The molecule has 2 aromatic carbocycles. The quantitative estimate of drug-likeness (QED) is 0.742. The third-order valence-electron chi connectivity index (χ3n) is 2.70. The van der Waals surface area contributed by atoms with Crippen molar-refractivity contribution in [1.29, 1.82) is 0 Å². The molecule has 0 saturated heterocycles. The van der Waals surface area contributed by atoms with Gasteiger partial charge in [-0.25, -0.2) is 9.37 Å². The molecule has 0 fully saturated rings. The molecule has 96 valence electrons. The maximum Gasteiger partial charge on any atom is 0.274 e. The van der Waals surface area contributed by atoms with Crippen LogP contribution in [0.25, 0.3) is 10.2 Å². The first-order valence-corrected chi connectivity index (χ1v) is 6.56. The minimum absolute atomic E-state index is 0.169. The Morgan fingerprint density at radius 2 is 2.05 bits per heavy atom. The minimum Gasteiger partial charge on any atom is -0.465 e. The summed E-state index contributed by atoms with van der Waals surface area (Å²) in [6.45, 7) is 0.169. The van der Waals surface area contributed by atoms with Crippen LogP contribution in [0.1, 0.15) is 5.56 Å². The summed E-state index contributed by atoms with van der Waals surface area (Å²) >= 11 is 1.40. The molecular formula is C14H11FN2OS. The monoisotopic (exact) mass is 274 g/mol. The molecule has 0 atom stereocenters. The third kappa shape index (κ3) is 2.51. The Bertz CT molecular complexity index is 726. The number of anilines is 1. The number of aromatic nitrogens is 1. The van der Waals surface area contributed by atoms with Gasteiger partial charge in [-0.15, -0.1) is 0 Å². The van der Waals surface area contributed by atoms with Crippen LogP contribution in [-0.2, 0) is 6.61 Å². The number of nitrogens with zero attached hydrogens (tertiary/aromatic N) is 1. The first-order valence-electron chi connectivity index (χ1n) is 5.74. The Hall–Kier alpha value is -2.14. The summed E-state index contributed by atoms with van der Waals surface area (Å²) < 4.78 is 19.9. The summed E-state index contributed by atoms with van der Waals surface area (Å²) in [4.78, 5) is 4.32. The van der Waals surface area contributed by atoms with Crippen molar-refractivity contribution in [2.75, 3.05) is 5.73 Å². The van der Waals surface area contributed by atoms with Gasteiger partial charge >= 0.3 is 0 Å². The zero-order valence-corrected chi connectivity index (χ0v) is 10.8. The van der Waals surface area contributed by atoms with Crippen molar-refractivity contribution in [1.82, 2.24) is 4.98 Å². The number of benzene rings is 2.